The summed E-state index contributed by atoms with van der Waals surface area (Å²) in [7, 11) is 0. The van der Waals surface area contributed by atoms with Gasteiger partial charge >= 0.3 is 0 Å². The lowest BCUT2D eigenvalue weighted by atomic mass is 9.94. The zero-order valence-corrected chi connectivity index (χ0v) is 9.35. The molecule has 5 nitrogen and oxygen atoms in total. The van der Waals surface area contributed by atoms with Crippen LogP contribution in [0.25, 0.3) is 5.78 Å². The van der Waals surface area contributed by atoms with Gasteiger partial charge in [-0.1, -0.05) is 0 Å². The maximum absolute atomic E-state index is 4.36. The Bertz CT molecular complexity index is 498. The third-order valence-electron chi connectivity index (χ3n) is 3.16. The first-order valence-electron chi connectivity index (χ1n) is 5.72. The molecule has 0 bridgehead atoms. The monoisotopic (exact) mass is 217 g/mol. The van der Waals surface area contributed by atoms with Crippen molar-refractivity contribution in [3.8, 4) is 0 Å². The SMILES string of the molecule is Cc1cc(C2CCNCC2)n2ncnc2n1. The average molecular weight is 217 g/mol. The van der Waals surface area contributed by atoms with Crippen molar-refractivity contribution in [1.82, 2.24) is 24.9 Å². The number of hydrogen-bond donors (Lipinski definition) is 1. The highest BCUT2D eigenvalue weighted by Crippen LogP contribution is 2.25. The number of rotatable bonds is 1. The molecule has 0 aromatic carbocycles. The van der Waals surface area contributed by atoms with Crippen molar-refractivity contribution in [3.63, 3.8) is 0 Å². The molecule has 16 heavy (non-hydrogen) atoms. The number of hydrogen-bond acceptors (Lipinski definition) is 4. The first kappa shape index (κ1) is 9.72. The standard InChI is InChI=1S/C11H15N5/c1-8-6-10(9-2-4-12-5-3-9)16-11(15-8)13-7-14-16/h6-7,9,12H,2-5H2,1H3. The van der Waals surface area contributed by atoms with Crippen LogP contribution in [-0.4, -0.2) is 32.7 Å². The lowest BCUT2D eigenvalue weighted by Crippen LogP contribution is -2.27. The van der Waals surface area contributed by atoms with Crippen molar-refractivity contribution in [3.05, 3.63) is 23.8 Å². The van der Waals surface area contributed by atoms with E-state index in [9.17, 15) is 0 Å². The van der Waals surface area contributed by atoms with Gasteiger partial charge in [-0.15, -0.1) is 0 Å². The van der Waals surface area contributed by atoms with Gasteiger partial charge in [0.1, 0.15) is 6.33 Å². The maximum Gasteiger partial charge on any atom is 0.252 e. The minimum absolute atomic E-state index is 0.576. The summed E-state index contributed by atoms with van der Waals surface area (Å²) >= 11 is 0. The van der Waals surface area contributed by atoms with E-state index in [0.717, 1.165) is 18.8 Å². The van der Waals surface area contributed by atoms with Gasteiger partial charge in [0.05, 0.1) is 5.69 Å². The van der Waals surface area contributed by atoms with Crippen LogP contribution < -0.4 is 5.32 Å². The molecule has 3 rings (SSSR count). The molecular weight excluding hydrogens is 202 g/mol. The Kier molecular flexibility index (Phi) is 2.32. The molecule has 5 heteroatoms. The topological polar surface area (TPSA) is 55.1 Å². The van der Waals surface area contributed by atoms with Crippen molar-refractivity contribution in [2.24, 2.45) is 0 Å². The molecule has 1 fully saturated rings. The van der Waals surface area contributed by atoms with E-state index in [4.69, 9.17) is 0 Å². The second kappa shape index (κ2) is 3.83. The summed E-state index contributed by atoms with van der Waals surface area (Å²) in [4.78, 5) is 8.53. The zero-order valence-electron chi connectivity index (χ0n) is 9.35. The Balaban J connectivity index is 2.09. The number of nitrogens with zero attached hydrogens (tertiary/aromatic N) is 4. The normalized spacial score (nSPS) is 18.1. The number of fused-ring (bicyclic) bond motifs is 1. The molecule has 0 spiro atoms. The molecule has 0 aliphatic carbocycles. The van der Waals surface area contributed by atoms with Crippen molar-refractivity contribution >= 4 is 5.78 Å². The second-order valence-electron chi connectivity index (χ2n) is 4.32. The highest BCUT2D eigenvalue weighted by Gasteiger charge is 2.19. The van der Waals surface area contributed by atoms with E-state index in [-0.39, 0.29) is 0 Å². The molecule has 0 saturated carbocycles. The van der Waals surface area contributed by atoms with Gasteiger partial charge in [-0.05, 0) is 38.9 Å². The van der Waals surface area contributed by atoms with Crippen molar-refractivity contribution < 1.29 is 0 Å². The molecule has 1 aliphatic heterocycles. The Morgan fingerprint density at radius 3 is 3.00 bits per heavy atom. The fraction of sp³-hybridized carbons (Fsp3) is 0.545. The van der Waals surface area contributed by atoms with Crippen molar-refractivity contribution in [1.29, 1.82) is 0 Å². The van der Waals surface area contributed by atoms with E-state index >= 15 is 0 Å². The first-order chi connectivity index (χ1) is 7.84. The van der Waals surface area contributed by atoms with Gasteiger partial charge < -0.3 is 5.32 Å². The zero-order chi connectivity index (χ0) is 11.0. The quantitative estimate of drug-likeness (QED) is 0.771. The van der Waals surface area contributed by atoms with Crippen LogP contribution in [0, 0.1) is 6.92 Å². The number of aryl methyl sites for hydroxylation is 1. The van der Waals surface area contributed by atoms with Crippen LogP contribution in [0.1, 0.15) is 30.1 Å². The summed E-state index contributed by atoms with van der Waals surface area (Å²) < 4.78 is 1.88. The van der Waals surface area contributed by atoms with Crippen LogP contribution in [0.15, 0.2) is 12.4 Å². The minimum atomic E-state index is 0.576. The summed E-state index contributed by atoms with van der Waals surface area (Å²) in [6.07, 6.45) is 3.91. The molecule has 84 valence electrons. The van der Waals surface area contributed by atoms with Gasteiger partial charge in [0, 0.05) is 11.6 Å². The summed E-state index contributed by atoms with van der Waals surface area (Å²) in [5.41, 5.74) is 2.27. The molecular formula is C11H15N5. The average Bonchev–Trinajstić information content (AvgIpc) is 2.77. The predicted octanol–water partition coefficient (Wildman–Crippen LogP) is 0.900. The van der Waals surface area contributed by atoms with Crippen LogP contribution >= 0.6 is 0 Å². The van der Waals surface area contributed by atoms with E-state index in [1.54, 1.807) is 6.33 Å². The van der Waals surface area contributed by atoms with Crippen molar-refractivity contribution in [2.75, 3.05) is 13.1 Å². The Hall–Kier alpha value is -1.49. The molecule has 0 unspecified atom stereocenters. The fourth-order valence-electron chi connectivity index (χ4n) is 2.37. The largest absolute Gasteiger partial charge is 0.317 e. The summed E-state index contributed by atoms with van der Waals surface area (Å²) in [5, 5.41) is 7.64. The highest BCUT2D eigenvalue weighted by molar-refractivity contribution is 5.31. The molecule has 2 aromatic rings. The number of piperidine rings is 1. The summed E-state index contributed by atoms with van der Waals surface area (Å²) in [6.45, 7) is 4.18. The van der Waals surface area contributed by atoms with Gasteiger partial charge in [0.2, 0.25) is 0 Å². The predicted molar refractivity (Wildman–Crippen MR) is 60.4 cm³/mol. The molecule has 2 aromatic heterocycles. The number of nitrogens with one attached hydrogen (secondary N) is 1. The van der Waals surface area contributed by atoms with E-state index in [2.05, 4.69) is 26.4 Å². The van der Waals surface area contributed by atoms with Crippen molar-refractivity contribution in [2.45, 2.75) is 25.7 Å². The lowest BCUT2D eigenvalue weighted by molar-refractivity contribution is 0.446. The Labute approximate surface area is 93.9 Å². The smallest absolute Gasteiger partial charge is 0.252 e. The van der Waals surface area contributed by atoms with Crippen LogP contribution in [-0.2, 0) is 0 Å². The second-order valence-corrected chi connectivity index (χ2v) is 4.32. The molecule has 0 atom stereocenters. The molecule has 1 aliphatic rings. The maximum atomic E-state index is 4.36. The van der Waals surface area contributed by atoms with Gasteiger partial charge in [0.25, 0.3) is 5.78 Å². The lowest BCUT2D eigenvalue weighted by Gasteiger charge is -2.23. The summed E-state index contributed by atoms with van der Waals surface area (Å²) in [6, 6.07) is 2.14. The van der Waals surface area contributed by atoms with E-state index in [1.165, 1.54) is 18.5 Å². The van der Waals surface area contributed by atoms with Gasteiger partial charge in [0.15, 0.2) is 0 Å². The molecule has 0 amide bonds. The van der Waals surface area contributed by atoms with E-state index in [0.29, 0.717) is 11.7 Å². The minimum Gasteiger partial charge on any atom is -0.317 e. The molecule has 1 saturated heterocycles. The van der Waals surface area contributed by atoms with Crippen LogP contribution in [0.2, 0.25) is 0 Å². The Morgan fingerprint density at radius 2 is 2.19 bits per heavy atom. The fourth-order valence-corrected chi connectivity index (χ4v) is 2.37. The third kappa shape index (κ3) is 1.57. The van der Waals surface area contributed by atoms with E-state index < -0.39 is 0 Å². The third-order valence-corrected chi connectivity index (χ3v) is 3.16. The Morgan fingerprint density at radius 1 is 1.38 bits per heavy atom. The molecule has 0 radical (unpaired) electrons. The van der Waals surface area contributed by atoms with E-state index in [1.807, 2.05) is 11.4 Å². The first-order valence-corrected chi connectivity index (χ1v) is 5.72. The van der Waals surface area contributed by atoms with Gasteiger partial charge in [-0.3, -0.25) is 0 Å². The van der Waals surface area contributed by atoms with Gasteiger partial charge in [-0.2, -0.15) is 10.1 Å². The van der Waals surface area contributed by atoms with Crippen LogP contribution in [0.5, 0.6) is 0 Å². The summed E-state index contributed by atoms with van der Waals surface area (Å²) in [5.74, 6) is 1.29. The van der Waals surface area contributed by atoms with Gasteiger partial charge in [-0.25, -0.2) is 9.50 Å². The highest BCUT2D eigenvalue weighted by atomic mass is 15.3. The number of aromatic nitrogens is 4. The van der Waals surface area contributed by atoms with Crippen LogP contribution in [0.4, 0.5) is 0 Å². The van der Waals surface area contributed by atoms with Crippen LogP contribution in [0.3, 0.4) is 0 Å². The molecule has 1 N–H and O–H groups in total. The molecule has 3 heterocycles.